The number of likely N-dealkylation sites (tertiary alicyclic amines) is 1. The molecular weight excluding hydrogens is 438 g/mol. The van der Waals surface area contributed by atoms with Crippen LogP contribution in [0.15, 0.2) is 18.2 Å². The Hall–Kier alpha value is -2.52. The van der Waals surface area contributed by atoms with Gasteiger partial charge in [0.1, 0.15) is 22.5 Å². The molecule has 3 aliphatic heterocycles. The summed E-state index contributed by atoms with van der Waals surface area (Å²) in [5, 5.41) is 2.76. The lowest BCUT2D eigenvalue weighted by Crippen LogP contribution is -2.47. The number of fused-ring (bicyclic) bond motifs is 1. The molecule has 0 spiro atoms. The number of anilines is 3. The van der Waals surface area contributed by atoms with Crippen LogP contribution in [0.1, 0.15) is 37.7 Å². The normalized spacial score (nSPS) is 20.3. The lowest BCUT2D eigenvalue weighted by Gasteiger charge is -2.40. The third-order valence-corrected chi connectivity index (χ3v) is 6.88. The van der Waals surface area contributed by atoms with E-state index in [0.717, 1.165) is 56.1 Å². The highest BCUT2D eigenvalue weighted by atomic mass is 35.5. The SMILES string of the molecule is O=C1NCc2c(Cl)nc(N3CCC(N4CCCCC4)CC3)nc2N1c1c(F)cccc1F. The number of rotatable bonds is 3. The molecule has 0 bridgehead atoms. The van der Waals surface area contributed by atoms with Crippen molar-refractivity contribution in [3.63, 3.8) is 0 Å². The van der Waals surface area contributed by atoms with E-state index in [2.05, 4.69) is 20.2 Å². The van der Waals surface area contributed by atoms with Gasteiger partial charge in [-0.1, -0.05) is 24.1 Å². The molecule has 0 saturated carbocycles. The van der Waals surface area contributed by atoms with Gasteiger partial charge in [0.15, 0.2) is 5.82 Å². The Kier molecular flexibility index (Phi) is 5.86. The highest BCUT2D eigenvalue weighted by Gasteiger charge is 2.34. The van der Waals surface area contributed by atoms with Crippen molar-refractivity contribution in [3.8, 4) is 0 Å². The number of carbonyl (C=O) groups excluding carboxylic acids is 1. The number of hydrogen-bond acceptors (Lipinski definition) is 5. The number of nitrogens with zero attached hydrogens (tertiary/aromatic N) is 5. The zero-order valence-corrected chi connectivity index (χ0v) is 18.4. The number of aromatic nitrogens is 2. The highest BCUT2D eigenvalue weighted by molar-refractivity contribution is 6.31. The maximum atomic E-state index is 14.5. The summed E-state index contributed by atoms with van der Waals surface area (Å²) in [4.78, 5) is 27.2. The van der Waals surface area contributed by atoms with Crippen molar-refractivity contribution in [3.05, 3.63) is 40.6 Å². The lowest BCUT2D eigenvalue weighted by atomic mass is 10.00. The molecule has 5 rings (SSSR count). The molecule has 0 atom stereocenters. The van der Waals surface area contributed by atoms with Gasteiger partial charge in [-0.15, -0.1) is 0 Å². The van der Waals surface area contributed by atoms with Gasteiger partial charge in [0.2, 0.25) is 5.95 Å². The molecule has 0 unspecified atom stereocenters. The molecule has 10 heteroatoms. The minimum Gasteiger partial charge on any atom is -0.341 e. The first kappa shape index (κ1) is 21.3. The molecule has 3 aliphatic rings. The average molecular weight is 463 g/mol. The summed E-state index contributed by atoms with van der Waals surface area (Å²) in [6.45, 7) is 3.93. The second-order valence-electron chi connectivity index (χ2n) is 8.50. The number of halogens is 3. The molecule has 2 aromatic rings. The zero-order chi connectivity index (χ0) is 22.2. The van der Waals surface area contributed by atoms with Crippen LogP contribution in [0, 0.1) is 11.6 Å². The van der Waals surface area contributed by atoms with E-state index in [1.54, 1.807) is 0 Å². The average Bonchev–Trinajstić information content (AvgIpc) is 2.81. The van der Waals surface area contributed by atoms with Gasteiger partial charge < -0.3 is 15.1 Å². The Labute approximate surface area is 190 Å². The number of nitrogens with one attached hydrogen (secondary N) is 1. The molecule has 1 N–H and O–H groups in total. The van der Waals surface area contributed by atoms with Crippen molar-refractivity contribution in [2.45, 2.75) is 44.7 Å². The molecule has 1 aromatic heterocycles. The number of hydrogen-bond donors (Lipinski definition) is 1. The highest BCUT2D eigenvalue weighted by Crippen LogP contribution is 2.37. The van der Waals surface area contributed by atoms with Crippen LogP contribution in [-0.2, 0) is 6.54 Å². The summed E-state index contributed by atoms with van der Waals surface area (Å²) in [6, 6.07) is 3.35. The molecule has 1 aromatic carbocycles. The minimum atomic E-state index is -0.855. The fourth-order valence-electron chi connectivity index (χ4n) is 4.88. The molecule has 0 aliphatic carbocycles. The number of amides is 2. The van der Waals surface area contributed by atoms with Crippen LogP contribution < -0.4 is 15.1 Å². The third-order valence-electron chi connectivity index (χ3n) is 6.57. The number of piperidine rings is 2. The number of para-hydroxylation sites is 1. The Balaban J connectivity index is 1.44. The van der Waals surface area contributed by atoms with Crippen LogP contribution in [0.25, 0.3) is 0 Å². The monoisotopic (exact) mass is 462 g/mol. The molecular formula is C22H25ClF2N6O. The third kappa shape index (κ3) is 3.88. The fourth-order valence-corrected chi connectivity index (χ4v) is 5.10. The number of urea groups is 1. The van der Waals surface area contributed by atoms with Crippen LogP contribution in [0.5, 0.6) is 0 Å². The van der Waals surface area contributed by atoms with E-state index in [-0.39, 0.29) is 17.5 Å². The van der Waals surface area contributed by atoms with E-state index >= 15 is 0 Å². The van der Waals surface area contributed by atoms with Gasteiger partial charge in [0.05, 0.1) is 12.1 Å². The maximum Gasteiger partial charge on any atom is 0.328 e. The van der Waals surface area contributed by atoms with E-state index in [1.807, 2.05) is 4.90 Å². The van der Waals surface area contributed by atoms with Crippen LogP contribution in [-0.4, -0.2) is 53.1 Å². The minimum absolute atomic E-state index is 0.0941. The van der Waals surface area contributed by atoms with Crippen molar-refractivity contribution >= 4 is 35.1 Å². The van der Waals surface area contributed by atoms with Crippen molar-refractivity contribution in [2.75, 3.05) is 36.0 Å². The molecule has 2 fully saturated rings. The molecule has 4 heterocycles. The van der Waals surface area contributed by atoms with Crippen molar-refractivity contribution in [2.24, 2.45) is 0 Å². The second kappa shape index (κ2) is 8.78. The first-order chi connectivity index (χ1) is 15.5. The molecule has 170 valence electrons. The van der Waals surface area contributed by atoms with Gasteiger partial charge in [0.25, 0.3) is 0 Å². The van der Waals surface area contributed by atoms with E-state index in [0.29, 0.717) is 17.6 Å². The van der Waals surface area contributed by atoms with E-state index in [4.69, 9.17) is 11.6 Å². The van der Waals surface area contributed by atoms with Crippen LogP contribution in [0.4, 0.5) is 31.0 Å². The van der Waals surface area contributed by atoms with Gasteiger partial charge in [-0.05, 0) is 50.9 Å². The predicted molar refractivity (Wildman–Crippen MR) is 118 cm³/mol. The quantitative estimate of drug-likeness (QED) is 0.692. The Morgan fingerprint density at radius 1 is 1.00 bits per heavy atom. The molecule has 7 nitrogen and oxygen atoms in total. The summed E-state index contributed by atoms with van der Waals surface area (Å²) in [7, 11) is 0. The molecule has 32 heavy (non-hydrogen) atoms. The van der Waals surface area contributed by atoms with Gasteiger partial charge >= 0.3 is 6.03 Å². The summed E-state index contributed by atoms with van der Waals surface area (Å²) >= 11 is 6.45. The van der Waals surface area contributed by atoms with E-state index in [9.17, 15) is 13.6 Å². The topological polar surface area (TPSA) is 64.6 Å². The van der Waals surface area contributed by atoms with Crippen LogP contribution in [0.2, 0.25) is 5.15 Å². The van der Waals surface area contributed by atoms with Crippen molar-refractivity contribution in [1.82, 2.24) is 20.2 Å². The molecule has 2 amide bonds. The Morgan fingerprint density at radius 3 is 2.38 bits per heavy atom. The standard InChI is InChI=1S/C22H25ClF2N6O/c23-19-15-13-26-22(32)31(18-16(24)5-4-6-17(18)25)20(15)28-21(27-19)30-11-7-14(8-12-30)29-9-2-1-3-10-29/h4-6,14H,1-3,7-13H2,(H,26,32). The van der Waals surface area contributed by atoms with Crippen molar-refractivity contribution < 1.29 is 13.6 Å². The predicted octanol–water partition coefficient (Wildman–Crippen LogP) is 4.22. The van der Waals surface area contributed by atoms with Gasteiger partial charge in [-0.3, -0.25) is 0 Å². The number of benzene rings is 1. The van der Waals surface area contributed by atoms with Gasteiger partial charge in [0, 0.05) is 19.1 Å². The van der Waals surface area contributed by atoms with Crippen LogP contribution in [0.3, 0.4) is 0 Å². The summed E-state index contributed by atoms with van der Waals surface area (Å²) in [5.41, 5.74) is -0.0451. The summed E-state index contributed by atoms with van der Waals surface area (Å²) < 4.78 is 29.0. The van der Waals surface area contributed by atoms with E-state index < -0.39 is 23.4 Å². The van der Waals surface area contributed by atoms with Gasteiger partial charge in [-0.25, -0.2) is 23.5 Å². The molecule has 0 radical (unpaired) electrons. The smallest absolute Gasteiger partial charge is 0.328 e. The summed E-state index contributed by atoms with van der Waals surface area (Å²) in [5.74, 6) is -1.22. The number of carbonyl (C=O) groups is 1. The van der Waals surface area contributed by atoms with Crippen LogP contribution >= 0.6 is 11.6 Å². The second-order valence-corrected chi connectivity index (χ2v) is 8.85. The Bertz CT molecular complexity index is 1000. The zero-order valence-electron chi connectivity index (χ0n) is 17.7. The largest absolute Gasteiger partial charge is 0.341 e. The van der Waals surface area contributed by atoms with Crippen molar-refractivity contribution in [1.29, 1.82) is 0 Å². The lowest BCUT2D eigenvalue weighted by molar-refractivity contribution is 0.141. The maximum absolute atomic E-state index is 14.5. The summed E-state index contributed by atoms with van der Waals surface area (Å²) in [6.07, 6.45) is 5.81. The van der Waals surface area contributed by atoms with E-state index in [1.165, 1.54) is 25.3 Å². The Morgan fingerprint density at radius 2 is 1.69 bits per heavy atom. The van der Waals surface area contributed by atoms with Gasteiger partial charge in [-0.2, -0.15) is 4.98 Å². The first-order valence-electron chi connectivity index (χ1n) is 11.1. The molecule has 2 saturated heterocycles. The first-order valence-corrected chi connectivity index (χ1v) is 11.5. The fraction of sp³-hybridized carbons (Fsp3) is 0.500.